The number of phenols is 2. The van der Waals surface area contributed by atoms with E-state index in [9.17, 15) is 15.0 Å². The van der Waals surface area contributed by atoms with Crippen molar-refractivity contribution in [1.82, 2.24) is 4.90 Å². The predicted molar refractivity (Wildman–Crippen MR) is 135 cm³/mol. The van der Waals surface area contributed by atoms with E-state index in [2.05, 4.69) is 26.5 Å². The van der Waals surface area contributed by atoms with Gasteiger partial charge in [-0.15, -0.1) is 0 Å². The minimum atomic E-state index is -0.101. The van der Waals surface area contributed by atoms with Crippen molar-refractivity contribution in [2.45, 2.75) is 97.4 Å². The third-order valence-electron chi connectivity index (χ3n) is 7.75. The summed E-state index contributed by atoms with van der Waals surface area (Å²) in [5.41, 5.74) is 4.70. The van der Waals surface area contributed by atoms with Gasteiger partial charge in [-0.1, -0.05) is 56.4 Å². The highest BCUT2D eigenvalue weighted by atomic mass is 16.3. The van der Waals surface area contributed by atoms with Gasteiger partial charge in [-0.2, -0.15) is 0 Å². The van der Waals surface area contributed by atoms with Crippen LogP contribution in [0.5, 0.6) is 11.5 Å². The summed E-state index contributed by atoms with van der Waals surface area (Å²) in [5, 5.41) is 22.7. The number of hydrogen-bond acceptors (Lipinski definition) is 3. The van der Waals surface area contributed by atoms with Gasteiger partial charge in [0.2, 0.25) is 5.91 Å². The second-order valence-corrected chi connectivity index (χ2v) is 10.5. The summed E-state index contributed by atoms with van der Waals surface area (Å²) < 4.78 is 0. The van der Waals surface area contributed by atoms with Crippen molar-refractivity contribution >= 4 is 5.91 Å². The van der Waals surface area contributed by atoms with Crippen LogP contribution in [0, 0.1) is 11.8 Å². The van der Waals surface area contributed by atoms with Crippen LogP contribution in [-0.4, -0.2) is 28.1 Å². The quantitative estimate of drug-likeness (QED) is 0.313. The van der Waals surface area contributed by atoms with Gasteiger partial charge in [0.1, 0.15) is 11.5 Å². The second kappa shape index (κ2) is 11.3. The van der Waals surface area contributed by atoms with Crippen molar-refractivity contribution < 1.29 is 15.0 Å². The van der Waals surface area contributed by atoms with Crippen LogP contribution >= 0.6 is 0 Å². The molecule has 2 N–H and O–H groups in total. The van der Waals surface area contributed by atoms with Crippen molar-refractivity contribution in [3.8, 4) is 11.5 Å². The number of carbonyl (C=O) groups is 1. The number of benzene rings is 1. The van der Waals surface area contributed by atoms with Gasteiger partial charge in [-0.25, -0.2) is 0 Å². The Morgan fingerprint density at radius 1 is 1.18 bits per heavy atom. The van der Waals surface area contributed by atoms with Crippen molar-refractivity contribution in [2.75, 3.05) is 7.05 Å². The number of phenolic OH excluding ortho intramolecular Hbond substituents is 2. The summed E-state index contributed by atoms with van der Waals surface area (Å²) in [6.07, 6.45) is 12.3. The summed E-state index contributed by atoms with van der Waals surface area (Å²) >= 11 is 0. The summed E-state index contributed by atoms with van der Waals surface area (Å²) in [4.78, 5) is 14.8. The van der Waals surface area contributed by atoms with Gasteiger partial charge in [-0.05, 0) is 69.9 Å². The molecular weight excluding hydrogens is 410 g/mol. The lowest BCUT2D eigenvalue weighted by molar-refractivity contribution is -0.134. The fourth-order valence-corrected chi connectivity index (χ4v) is 5.77. The van der Waals surface area contributed by atoms with E-state index in [1.807, 2.05) is 20.0 Å². The molecule has 0 radical (unpaired) electrons. The molecule has 182 valence electrons. The zero-order valence-electron chi connectivity index (χ0n) is 21.1. The highest BCUT2D eigenvalue weighted by Crippen LogP contribution is 2.48. The smallest absolute Gasteiger partial charge is 0.225 e. The molecule has 1 aromatic carbocycles. The Hall–Kier alpha value is -2.23. The molecule has 0 bridgehead atoms. The first-order chi connectivity index (χ1) is 15.7. The van der Waals surface area contributed by atoms with Crippen molar-refractivity contribution in [1.29, 1.82) is 0 Å². The fraction of sp³-hybridized carbons (Fsp3) is 0.621. The molecule has 33 heavy (non-hydrogen) atoms. The van der Waals surface area contributed by atoms with Crippen LogP contribution in [0.15, 0.2) is 29.9 Å². The third kappa shape index (κ3) is 5.83. The van der Waals surface area contributed by atoms with Crippen LogP contribution in [-0.2, 0) is 17.8 Å². The fourth-order valence-electron chi connectivity index (χ4n) is 5.77. The zero-order chi connectivity index (χ0) is 24.1. The SMILES string of the molecule is C=C(C)C1CCC(C)=CC1c1c(O)cc(CCCCC)c(CN(C)C(=O)C2CCCC2)c1O. The van der Waals surface area contributed by atoms with Gasteiger partial charge in [-0.3, -0.25) is 4.79 Å². The summed E-state index contributed by atoms with van der Waals surface area (Å²) in [6.45, 7) is 10.9. The van der Waals surface area contributed by atoms with E-state index < -0.39 is 0 Å². The van der Waals surface area contributed by atoms with E-state index in [0.29, 0.717) is 12.1 Å². The van der Waals surface area contributed by atoms with E-state index >= 15 is 0 Å². The lowest BCUT2D eigenvalue weighted by Gasteiger charge is -2.32. The minimum Gasteiger partial charge on any atom is -0.507 e. The molecule has 1 aromatic rings. The molecule has 4 nitrogen and oxygen atoms in total. The maximum atomic E-state index is 13.0. The lowest BCUT2D eigenvalue weighted by atomic mass is 9.73. The maximum absolute atomic E-state index is 13.0. The van der Waals surface area contributed by atoms with Crippen LogP contribution in [0.2, 0.25) is 0 Å². The number of nitrogens with zero attached hydrogens (tertiary/aromatic N) is 1. The highest BCUT2D eigenvalue weighted by molar-refractivity contribution is 5.79. The van der Waals surface area contributed by atoms with Gasteiger partial charge in [0, 0.05) is 36.6 Å². The van der Waals surface area contributed by atoms with Crippen LogP contribution < -0.4 is 0 Å². The minimum absolute atomic E-state index is 0.101. The Kier molecular flexibility index (Phi) is 8.67. The number of aryl methyl sites for hydroxylation is 1. The normalized spacial score (nSPS) is 21.2. The first-order valence-corrected chi connectivity index (χ1v) is 12.9. The van der Waals surface area contributed by atoms with Gasteiger partial charge >= 0.3 is 0 Å². The molecule has 0 aromatic heterocycles. The largest absolute Gasteiger partial charge is 0.507 e. The van der Waals surface area contributed by atoms with E-state index in [1.54, 1.807) is 4.90 Å². The second-order valence-electron chi connectivity index (χ2n) is 10.5. The Balaban J connectivity index is 2.02. The number of amides is 1. The average molecular weight is 454 g/mol. The molecule has 0 heterocycles. The molecule has 0 saturated heterocycles. The molecule has 2 aliphatic rings. The molecule has 1 amide bonds. The third-order valence-corrected chi connectivity index (χ3v) is 7.75. The van der Waals surface area contributed by atoms with Crippen LogP contribution in [0.3, 0.4) is 0 Å². The van der Waals surface area contributed by atoms with Crippen LogP contribution in [0.4, 0.5) is 0 Å². The summed E-state index contributed by atoms with van der Waals surface area (Å²) in [6, 6.07) is 1.85. The monoisotopic (exact) mass is 453 g/mol. The van der Waals surface area contributed by atoms with E-state index in [0.717, 1.165) is 80.9 Å². The molecule has 2 aliphatic carbocycles. The van der Waals surface area contributed by atoms with Gasteiger partial charge < -0.3 is 15.1 Å². The number of unbranched alkanes of at least 4 members (excludes halogenated alkanes) is 2. The van der Waals surface area contributed by atoms with E-state index in [-0.39, 0.29) is 35.2 Å². The Morgan fingerprint density at radius 2 is 1.88 bits per heavy atom. The Bertz CT molecular complexity index is 895. The van der Waals surface area contributed by atoms with Crippen LogP contribution in [0.1, 0.15) is 101 Å². The molecule has 3 rings (SSSR count). The number of allylic oxidation sites excluding steroid dienone is 3. The topological polar surface area (TPSA) is 60.8 Å². The van der Waals surface area contributed by atoms with Crippen molar-refractivity contribution in [3.05, 3.63) is 46.6 Å². The summed E-state index contributed by atoms with van der Waals surface area (Å²) in [5.74, 6) is 0.686. The van der Waals surface area contributed by atoms with Gasteiger partial charge in [0.25, 0.3) is 0 Å². The molecule has 1 saturated carbocycles. The molecular formula is C29H43NO3. The van der Waals surface area contributed by atoms with Crippen molar-refractivity contribution in [2.24, 2.45) is 11.8 Å². The van der Waals surface area contributed by atoms with Crippen LogP contribution in [0.25, 0.3) is 0 Å². The van der Waals surface area contributed by atoms with Gasteiger partial charge in [0.15, 0.2) is 0 Å². The number of carbonyl (C=O) groups excluding carboxylic acids is 1. The van der Waals surface area contributed by atoms with E-state index in [4.69, 9.17) is 0 Å². The molecule has 4 heteroatoms. The maximum Gasteiger partial charge on any atom is 0.225 e. The molecule has 2 unspecified atom stereocenters. The lowest BCUT2D eigenvalue weighted by Crippen LogP contribution is -2.31. The molecule has 0 aliphatic heterocycles. The van der Waals surface area contributed by atoms with Crippen molar-refractivity contribution in [3.63, 3.8) is 0 Å². The highest BCUT2D eigenvalue weighted by Gasteiger charge is 2.33. The first kappa shape index (κ1) is 25.4. The first-order valence-electron chi connectivity index (χ1n) is 12.9. The molecule has 1 fully saturated rings. The number of hydrogen-bond donors (Lipinski definition) is 2. The average Bonchev–Trinajstić information content (AvgIpc) is 3.30. The predicted octanol–water partition coefficient (Wildman–Crippen LogP) is 7.00. The number of aromatic hydroxyl groups is 2. The number of rotatable bonds is 9. The Morgan fingerprint density at radius 3 is 2.52 bits per heavy atom. The molecule has 0 spiro atoms. The zero-order valence-corrected chi connectivity index (χ0v) is 21.1. The molecule has 2 atom stereocenters. The Labute approximate surface area is 200 Å². The standard InChI is InChI=1S/C29H43NO3/c1-6-7-8-13-22-17-26(31)27(24-16-20(4)14-15-23(24)19(2)3)28(32)25(22)18-30(5)29(33)21-11-9-10-12-21/h16-17,21,23-24,31-32H,2,6-15,18H2,1,3-5H3. The summed E-state index contributed by atoms with van der Waals surface area (Å²) in [7, 11) is 1.85. The van der Waals surface area contributed by atoms with Gasteiger partial charge in [0.05, 0.1) is 0 Å². The van der Waals surface area contributed by atoms with E-state index in [1.165, 1.54) is 5.57 Å².